The highest BCUT2D eigenvalue weighted by Crippen LogP contribution is 2.33. The summed E-state index contributed by atoms with van der Waals surface area (Å²) in [6, 6.07) is 13.0. The van der Waals surface area contributed by atoms with Gasteiger partial charge >= 0.3 is 0 Å². The Kier molecular flexibility index (Phi) is 6.33. The van der Waals surface area contributed by atoms with Crippen LogP contribution in [-0.4, -0.2) is 44.9 Å². The molecule has 1 amide bonds. The number of anilines is 1. The van der Waals surface area contributed by atoms with Crippen LogP contribution in [-0.2, 0) is 14.8 Å². The van der Waals surface area contributed by atoms with E-state index in [1.165, 1.54) is 58.1 Å². The van der Waals surface area contributed by atoms with Crippen LogP contribution < -0.4 is 10.1 Å². The number of benzene rings is 2. The Morgan fingerprint density at radius 2 is 1.84 bits per heavy atom. The van der Waals surface area contributed by atoms with Crippen LogP contribution in [0.1, 0.15) is 9.67 Å². The zero-order valence-corrected chi connectivity index (χ0v) is 17.9. The summed E-state index contributed by atoms with van der Waals surface area (Å²) in [6.45, 7) is 1.17. The molecule has 2 aromatic carbocycles. The summed E-state index contributed by atoms with van der Waals surface area (Å²) < 4.78 is 51.6. The highest BCUT2D eigenvalue weighted by molar-refractivity contribution is 7.89. The van der Waals surface area contributed by atoms with Crippen molar-refractivity contribution in [2.24, 2.45) is 0 Å². The van der Waals surface area contributed by atoms with Gasteiger partial charge in [0.25, 0.3) is 5.91 Å². The molecule has 2 heterocycles. The van der Waals surface area contributed by atoms with Gasteiger partial charge in [-0.1, -0.05) is 6.07 Å². The van der Waals surface area contributed by atoms with E-state index in [1.54, 1.807) is 17.5 Å². The molecule has 0 atom stereocenters. The Hall–Kier alpha value is -2.79. The number of hydrogen-bond donors (Lipinski definition) is 1. The standard InChI is InChI=1S/C21H19FN2O5S2/c22-15-3-5-16(6-4-15)29-19-8-7-17(31(26,27)24-9-11-28-12-10-24)14-18(19)23-21(25)20-2-1-13-30-20/h1-8,13-14H,9-12H2,(H,23,25). The van der Waals surface area contributed by atoms with Crippen molar-refractivity contribution in [1.82, 2.24) is 4.31 Å². The van der Waals surface area contributed by atoms with E-state index in [9.17, 15) is 17.6 Å². The average Bonchev–Trinajstić information content (AvgIpc) is 3.32. The number of halogens is 1. The maximum absolute atomic E-state index is 13.2. The van der Waals surface area contributed by atoms with E-state index in [1.807, 2.05) is 0 Å². The number of thiophene rings is 1. The van der Waals surface area contributed by atoms with Crippen LogP contribution in [0.15, 0.2) is 64.9 Å². The molecule has 1 aromatic heterocycles. The molecule has 31 heavy (non-hydrogen) atoms. The van der Waals surface area contributed by atoms with Crippen molar-refractivity contribution >= 4 is 33.0 Å². The van der Waals surface area contributed by atoms with Gasteiger partial charge in [-0.05, 0) is 53.9 Å². The van der Waals surface area contributed by atoms with Gasteiger partial charge < -0.3 is 14.8 Å². The first-order valence-electron chi connectivity index (χ1n) is 9.44. The van der Waals surface area contributed by atoms with Gasteiger partial charge in [-0.25, -0.2) is 12.8 Å². The summed E-state index contributed by atoms with van der Waals surface area (Å²) in [5, 5.41) is 4.49. The fourth-order valence-corrected chi connectivity index (χ4v) is 5.07. The number of carbonyl (C=O) groups is 1. The van der Waals surface area contributed by atoms with Crippen LogP contribution in [0.5, 0.6) is 11.5 Å². The third kappa shape index (κ3) is 4.93. The van der Waals surface area contributed by atoms with Crippen molar-refractivity contribution in [2.75, 3.05) is 31.6 Å². The predicted octanol–water partition coefficient (Wildman–Crippen LogP) is 3.95. The lowest BCUT2D eigenvalue weighted by Crippen LogP contribution is -2.40. The molecule has 162 valence electrons. The van der Waals surface area contributed by atoms with Gasteiger partial charge in [-0.15, -0.1) is 11.3 Å². The summed E-state index contributed by atoms with van der Waals surface area (Å²) in [4.78, 5) is 13.1. The highest BCUT2D eigenvalue weighted by Gasteiger charge is 2.27. The van der Waals surface area contributed by atoms with Gasteiger partial charge in [-0.2, -0.15) is 4.31 Å². The molecule has 1 aliphatic heterocycles. The Morgan fingerprint density at radius 1 is 1.10 bits per heavy atom. The van der Waals surface area contributed by atoms with Gasteiger partial charge in [-0.3, -0.25) is 4.79 Å². The van der Waals surface area contributed by atoms with Crippen LogP contribution in [0, 0.1) is 5.82 Å². The van der Waals surface area contributed by atoms with Crippen molar-refractivity contribution in [3.63, 3.8) is 0 Å². The molecule has 0 bridgehead atoms. The fourth-order valence-electron chi connectivity index (χ4n) is 3.01. The van der Waals surface area contributed by atoms with Crippen molar-refractivity contribution in [3.05, 3.63) is 70.7 Å². The third-order valence-electron chi connectivity index (χ3n) is 4.59. The van der Waals surface area contributed by atoms with E-state index < -0.39 is 15.8 Å². The number of nitrogens with one attached hydrogen (secondary N) is 1. The molecule has 0 unspecified atom stereocenters. The molecule has 0 saturated carbocycles. The quantitative estimate of drug-likeness (QED) is 0.600. The van der Waals surface area contributed by atoms with Crippen molar-refractivity contribution in [3.8, 4) is 11.5 Å². The molecule has 10 heteroatoms. The van der Waals surface area contributed by atoms with Crippen LogP contribution in [0.3, 0.4) is 0 Å². The smallest absolute Gasteiger partial charge is 0.265 e. The second-order valence-electron chi connectivity index (χ2n) is 6.66. The lowest BCUT2D eigenvalue weighted by molar-refractivity contribution is 0.0730. The highest BCUT2D eigenvalue weighted by atomic mass is 32.2. The molecule has 1 N–H and O–H groups in total. The summed E-state index contributed by atoms with van der Waals surface area (Å²) in [7, 11) is -3.77. The molecule has 7 nitrogen and oxygen atoms in total. The van der Waals surface area contributed by atoms with E-state index in [0.29, 0.717) is 23.8 Å². The number of sulfonamides is 1. The summed E-state index contributed by atoms with van der Waals surface area (Å²) in [5.41, 5.74) is 0.192. The van der Waals surface area contributed by atoms with Crippen LogP contribution in [0.25, 0.3) is 0 Å². The van der Waals surface area contributed by atoms with Gasteiger partial charge in [0, 0.05) is 13.1 Å². The Balaban J connectivity index is 1.68. The molecule has 0 radical (unpaired) electrons. The van der Waals surface area contributed by atoms with Crippen LogP contribution >= 0.6 is 11.3 Å². The Labute approximate surface area is 183 Å². The normalized spacial score (nSPS) is 14.9. The molecule has 4 rings (SSSR count). The number of hydrogen-bond acceptors (Lipinski definition) is 6. The largest absolute Gasteiger partial charge is 0.455 e. The lowest BCUT2D eigenvalue weighted by atomic mass is 10.2. The topological polar surface area (TPSA) is 84.9 Å². The van der Waals surface area contributed by atoms with Gasteiger partial charge in [0.2, 0.25) is 10.0 Å². The number of ether oxygens (including phenoxy) is 2. The van der Waals surface area contributed by atoms with Crippen LogP contribution in [0.4, 0.5) is 10.1 Å². The molecule has 0 spiro atoms. The monoisotopic (exact) mass is 462 g/mol. The maximum atomic E-state index is 13.2. The first-order chi connectivity index (χ1) is 14.9. The van der Waals surface area contributed by atoms with E-state index in [4.69, 9.17) is 9.47 Å². The maximum Gasteiger partial charge on any atom is 0.265 e. The molecular formula is C21H19FN2O5S2. The van der Waals surface area contributed by atoms with Gasteiger partial charge in [0.15, 0.2) is 5.75 Å². The molecular weight excluding hydrogens is 443 g/mol. The van der Waals surface area contributed by atoms with Crippen molar-refractivity contribution in [2.45, 2.75) is 4.90 Å². The van der Waals surface area contributed by atoms with Crippen molar-refractivity contribution < 1.29 is 27.1 Å². The minimum atomic E-state index is -3.77. The van der Waals surface area contributed by atoms with E-state index in [-0.39, 0.29) is 35.3 Å². The van der Waals surface area contributed by atoms with E-state index >= 15 is 0 Å². The Morgan fingerprint density at radius 3 is 2.52 bits per heavy atom. The first kappa shape index (κ1) is 21.4. The number of morpholine rings is 1. The molecule has 1 fully saturated rings. The number of nitrogens with zero attached hydrogens (tertiary/aromatic N) is 1. The minimum Gasteiger partial charge on any atom is -0.455 e. The first-order valence-corrected chi connectivity index (χ1v) is 11.8. The average molecular weight is 463 g/mol. The molecule has 3 aromatic rings. The number of amides is 1. The van der Waals surface area contributed by atoms with Gasteiger partial charge in [0.05, 0.1) is 28.7 Å². The fraction of sp³-hybridized carbons (Fsp3) is 0.190. The molecule has 1 aliphatic rings. The van der Waals surface area contributed by atoms with E-state index in [0.717, 1.165) is 0 Å². The molecule has 1 saturated heterocycles. The summed E-state index contributed by atoms with van der Waals surface area (Å²) in [6.07, 6.45) is 0. The second-order valence-corrected chi connectivity index (χ2v) is 9.55. The summed E-state index contributed by atoms with van der Waals surface area (Å²) in [5.74, 6) is -0.223. The van der Waals surface area contributed by atoms with Gasteiger partial charge in [0.1, 0.15) is 11.6 Å². The second kappa shape index (κ2) is 9.15. The summed E-state index contributed by atoms with van der Waals surface area (Å²) >= 11 is 1.26. The molecule has 0 aliphatic carbocycles. The number of carbonyl (C=O) groups excluding carboxylic acids is 1. The zero-order valence-electron chi connectivity index (χ0n) is 16.3. The number of rotatable bonds is 6. The third-order valence-corrected chi connectivity index (χ3v) is 7.36. The van der Waals surface area contributed by atoms with E-state index in [2.05, 4.69) is 5.32 Å². The van der Waals surface area contributed by atoms with Crippen LogP contribution in [0.2, 0.25) is 0 Å². The predicted molar refractivity (Wildman–Crippen MR) is 115 cm³/mol. The zero-order chi connectivity index (χ0) is 21.8. The minimum absolute atomic E-state index is 0.0299. The SMILES string of the molecule is O=C(Nc1cc(S(=O)(=O)N2CCOCC2)ccc1Oc1ccc(F)cc1)c1cccs1. The Bertz CT molecular complexity index is 1160. The lowest BCUT2D eigenvalue weighted by Gasteiger charge is -2.26. The van der Waals surface area contributed by atoms with Crippen molar-refractivity contribution in [1.29, 1.82) is 0 Å².